The first-order valence-corrected chi connectivity index (χ1v) is 7.41. The van der Waals surface area contributed by atoms with Crippen LogP contribution in [0.2, 0.25) is 0 Å². The molecule has 1 aliphatic rings. The molecule has 2 rings (SSSR count). The van der Waals surface area contributed by atoms with Crippen molar-refractivity contribution in [2.45, 2.75) is 51.6 Å². The van der Waals surface area contributed by atoms with Gasteiger partial charge in [0.25, 0.3) is 0 Å². The van der Waals surface area contributed by atoms with E-state index in [0.29, 0.717) is 6.42 Å². The fourth-order valence-corrected chi connectivity index (χ4v) is 2.74. The molecule has 0 bridgehead atoms. The molecule has 1 fully saturated rings. The molecule has 19 heavy (non-hydrogen) atoms. The Balaban J connectivity index is 1.95. The van der Waals surface area contributed by atoms with Crippen LogP contribution in [-0.4, -0.2) is 19.3 Å². The zero-order valence-electron chi connectivity index (χ0n) is 12.4. The number of halogens is 1. The van der Waals surface area contributed by atoms with Gasteiger partial charge in [-0.3, -0.25) is 0 Å². The second-order valence-electron chi connectivity index (χ2n) is 6.75. The minimum Gasteiger partial charge on any atom is -0.317 e. The van der Waals surface area contributed by atoms with E-state index < -0.39 is 6.17 Å². The maximum Gasteiger partial charge on any atom is 0.107 e. The predicted molar refractivity (Wildman–Crippen MR) is 79.3 cm³/mol. The highest BCUT2D eigenvalue weighted by atomic mass is 19.1. The van der Waals surface area contributed by atoms with Gasteiger partial charge in [0.15, 0.2) is 0 Å². The fourth-order valence-electron chi connectivity index (χ4n) is 2.74. The van der Waals surface area contributed by atoms with Crippen LogP contribution in [0.3, 0.4) is 0 Å². The van der Waals surface area contributed by atoms with Crippen molar-refractivity contribution >= 4 is 0 Å². The molecule has 106 valence electrons. The second kappa shape index (κ2) is 6.04. The van der Waals surface area contributed by atoms with E-state index in [-0.39, 0.29) is 11.3 Å². The van der Waals surface area contributed by atoms with Gasteiger partial charge in [0.2, 0.25) is 0 Å². The van der Waals surface area contributed by atoms with Crippen LogP contribution in [0.4, 0.5) is 4.39 Å². The minimum absolute atomic E-state index is 0.169. The molecule has 0 aromatic heterocycles. The van der Waals surface area contributed by atoms with Gasteiger partial charge in [-0.2, -0.15) is 0 Å². The molecule has 0 amide bonds. The van der Waals surface area contributed by atoms with Gasteiger partial charge < -0.3 is 5.32 Å². The van der Waals surface area contributed by atoms with Crippen molar-refractivity contribution in [2.75, 3.05) is 13.1 Å². The summed E-state index contributed by atoms with van der Waals surface area (Å²) in [5.41, 5.74) is 2.61. The topological polar surface area (TPSA) is 12.0 Å². The monoisotopic (exact) mass is 263 g/mol. The zero-order valence-corrected chi connectivity index (χ0v) is 12.4. The maximum atomic E-state index is 14.3. The summed E-state index contributed by atoms with van der Waals surface area (Å²) in [6.45, 7) is 8.54. The summed E-state index contributed by atoms with van der Waals surface area (Å²) in [7, 11) is 0. The Hall–Kier alpha value is -0.890. The van der Waals surface area contributed by atoms with Crippen molar-refractivity contribution in [2.24, 2.45) is 5.92 Å². The molecular formula is C17H26FN. The summed E-state index contributed by atoms with van der Waals surface area (Å²) in [4.78, 5) is 0. The lowest BCUT2D eigenvalue weighted by Gasteiger charge is -2.26. The molecule has 1 atom stereocenters. The van der Waals surface area contributed by atoms with Crippen LogP contribution in [0, 0.1) is 5.92 Å². The molecule has 2 heteroatoms. The molecule has 1 aliphatic heterocycles. The van der Waals surface area contributed by atoms with Crippen LogP contribution in [-0.2, 0) is 11.8 Å². The van der Waals surface area contributed by atoms with E-state index in [2.05, 4.69) is 50.4 Å². The summed E-state index contributed by atoms with van der Waals surface area (Å²) >= 11 is 0. The normalized spacial score (nSPS) is 19.4. The van der Waals surface area contributed by atoms with E-state index in [0.717, 1.165) is 31.5 Å². The molecule has 1 aromatic rings. The van der Waals surface area contributed by atoms with Crippen molar-refractivity contribution < 1.29 is 4.39 Å². The van der Waals surface area contributed by atoms with Crippen molar-refractivity contribution in [3.63, 3.8) is 0 Å². The summed E-state index contributed by atoms with van der Waals surface area (Å²) in [5, 5.41) is 3.29. The Morgan fingerprint density at radius 2 is 1.74 bits per heavy atom. The van der Waals surface area contributed by atoms with E-state index >= 15 is 0 Å². The average molecular weight is 263 g/mol. The van der Waals surface area contributed by atoms with E-state index in [1.54, 1.807) is 0 Å². The van der Waals surface area contributed by atoms with E-state index in [9.17, 15) is 4.39 Å². The number of piperidine rings is 1. The largest absolute Gasteiger partial charge is 0.317 e. The number of alkyl halides is 1. The van der Waals surface area contributed by atoms with E-state index in [1.807, 2.05) is 0 Å². The molecule has 1 unspecified atom stereocenters. The average Bonchev–Trinajstić information content (AvgIpc) is 2.39. The molecule has 1 nitrogen and oxygen atoms in total. The molecule has 1 saturated heterocycles. The van der Waals surface area contributed by atoms with Gasteiger partial charge in [0, 0.05) is 6.42 Å². The number of hydrogen-bond acceptors (Lipinski definition) is 1. The Kier molecular flexibility index (Phi) is 4.62. The van der Waals surface area contributed by atoms with Crippen LogP contribution in [0.25, 0.3) is 0 Å². The number of hydrogen-bond donors (Lipinski definition) is 1. The SMILES string of the molecule is CC(C)(C)c1ccc(CC(F)C2CCNCC2)cc1. The Labute approximate surface area is 116 Å². The van der Waals surface area contributed by atoms with Crippen LogP contribution < -0.4 is 5.32 Å². The van der Waals surface area contributed by atoms with Gasteiger partial charge in [0.1, 0.15) is 6.17 Å². The molecule has 0 saturated carbocycles. The summed E-state index contributed by atoms with van der Waals surface area (Å²) < 4.78 is 14.3. The first-order valence-electron chi connectivity index (χ1n) is 7.41. The highest BCUT2D eigenvalue weighted by Gasteiger charge is 2.23. The van der Waals surface area contributed by atoms with Crippen LogP contribution in [0.5, 0.6) is 0 Å². The Bertz CT molecular complexity index is 385. The molecule has 1 aromatic carbocycles. The lowest BCUT2D eigenvalue weighted by Crippen LogP contribution is -2.33. The van der Waals surface area contributed by atoms with Gasteiger partial charge in [-0.05, 0) is 48.4 Å². The third-order valence-electron chi connectivity index (χ3n) is 4.15. The van der Waals surface area contributed by atoms with Gasteiger partial charge in [-0.1, -0.05) is 45.0 Å². The van der Waals surface area contributed by atoms with Crippen molar-refractivity contribution in [1.29, 1.82) is 0 Å². The van der Waals surface area contributed by atoms with Gasteiger partial charge in [0.05, 0.1) is 0 Å². The zero-order chi connectivity index (χ0) is 13.9. The Morgan fingerprint density at radius 1 is 1.16 bits per heavy atom. The lowest BCUT2D eigenvalue weighted by molar-refractivity contribution is 0.187. The predicted octanol–water partition coefficient (Wildman–Crippen LogP) is 3.86. The molecule has 0 aliphatic carbocycles. The van der Waals surface area contributed by atoms with E-state index in [1.165, 1.54) is 5.56 Å². The highest BCUT2D eigenvalue weighted by molar-refractivity contribution is 5.27. The highest BCUT2D eigenvalue weighted by Crippen LogP contribution is 2.25. The molecule has 0 radical (unpaired) electrons. The molecule has 1 heterocycles. The Morgan fingerprint density at radius 3 is 2.26 bits per heavy atom. The molecule has 1 N–H and O–H groups in total. The minimum atomic E-state index is -0.692. The quantitative estimate of drug-likeness (QED) is 0.873. The van der Waals surface area contributed by atoms with Crippen molar-refractivity contribution in [3.8, 4) is 0 Å². The van der Waals surface area contributed by atoms with Crippen LogP contribution in [0.15, 0.2) is 24.3 Å². The van der Waals surface area contributed by atoms with Gasteiger partial charge >= 0.3 is 0 Å². The first kappa shape index (κ1) is 14.5. The number of rotatable bonds is 3. The molecular weight excluding hydrogens is 237 g/mol. The number of benzene rings is 1. The summed E-state index contributed by atoms with van der Waals surface area (Å²) in [5.74, 6) is 0.239. The van der Waals surface area contributed by atoms with Gasteiger partial charge in [-0.25, -0.2) is 4.39 Å². The van der Waals surface area contributed by atoms with Crippen molar-refractivity contribution in [1.82, 2.24) is 5.32 Å². The first-order chi connectivity index (χ1) is 8.97. The smallest absolute Gasteiger partial charge is 0.107 e. The lowest BCUT2D eigenvalue weighted by atomic mass is 9.85. The standard InChI is InChI=1S/C17H26FN/c1-17(2,3)15-6-4-13(5-7-15)12-16(18)14-8-10-19-11-9-14/h4-7,14,16,19H,8-12H2,1-3H3. The molecule has 0 spiro atoms. The van der Waals surface area contributed by atoms with Crippen molar-refractivity contribution in [3.05, 3.63) is 35.4 Å². The van der Waals surface area contributed by atoms with Gasteiger partial charge in [-0.15, -0.1) is 0 Å². The third kappa shape index (κ3) is 4.04. The fraction of sp³-hybridized carbons (Fsp3) is 0.647. The van der Waals surface area contributed by atoms with Crippen LogP contribution >= 0.6 is 0 Å². The summed E-state index contributed by atoms with van der Waals surface area (Å²) in [6.07, 6.45) is 1.82. The van der Waals surface area contributed by atoms with Crippen LogP contribution in [0.1, 0.15) is 44.7 Å². The second-order valence-corrected chi connectivity index (χ2v) is 6.75. The maximum absolute atomic E-state index is 14.3. The number of nitrogens with one attached hydrogen (secondary N) is 1. The summed E-state index contributed by atoms with van der Waals surface area (Å²) in [6, 6.07) is 8.47. The third-order valence-corrected chi connectivity index (χ3v) is 4.15. The van der Waals surface area contributed by atoms with E-state index in [4.69, 9.17) is 0 Å².